The van der Waals surface area contributed by atoms with Crippen molar-refractivity contribution in [2.45, 2.75) is 201 Å². The number of fused-ring (bicyclic) bond motifs is 1. The van der Waals surface area contributed by atoms with Crippen LogP contribution in [0.3, 0.4) is 0 Å². The van der Waals surface area contributed by atoms with Gasteiger partial charge in [-0.1, -0.05) is 362 Å². The summed E-state index contributed by atoms with van der Waals surface area (Å²) in [6, 6.07) is 84.7. The molecule has 145 heavy (non-hydrogen) atoms. The Labute approximate surface area is 878 Å². The molecule has 2 aliphatic heterocycles. The number of benzene rings is 10. The molecule has 24 heteroatoms. The van der Waals surface area contributed by atoms with Crippen LogP contribution in [0.15, 0.2) is 272 Å². The molecule has 772 valence electrons. The molecule has 0 radical (unpaired) electrons. The lowest BCUT2D eigenvalue weighted by molar-refractivity contribution is -0.00230. The number of hydrogen-bond acceptors (Lipinski definition) is 22. The first-order chi connectivity index (χ1) is 70.1. The number of thioether (sulfide) groups is 4. The summed E-state index contributed by atoms with van der Waals surface area (Å²) in [6.45, 7) is 48.8. The van der Waals surface area contributed by atoms with Crippen LogP contribution in [0, 0.1) is 0 Å². The molecule has 0 fully saturated rings. The van der Waals surface area contributed by atoms with Crippen molar-refractivity contribution in [1.82, 2.24) is 30.0 Å². The highest BCUT2D eigenvalue weighted by Crippen LogP contribution is 2.56. The van der Waals surface area contributed by atoms with Crippen LogP contribution in [0.25, 0.3) is 10.8 Å². The van der Waals surface area contributed by atoms with Gasteiger partial charge in [-0.2, -0.15) is 0 Å². The van der Waals surface area contributed by atoms with E-state index in [-0.39, 0.29) is 28.3 Å². The van der Waals surface area contributed by atoms with Gasteiger partial charge in [-0.15, -0.1) is 10.2 Å². The second-order valence-corrected chi connectivity index (χ2v) is 46.0. The number of nitrogens with zero attached hydrogens (tertiary/aromatic N) is 6. The number of rotatable bonds is 58. The first-order valence-electron chi connectivity index (χ1n) is 51.4. The fraction of sp³-hybridized carbons (Fsp3) is 0.438. The Morgan fingerprint density at radius 3 is 0.855 bits per heavy atom. The van der Waals surface area contributed by atoms with E-state index in [4.69, 9.17) is 66.3 Å². The number of aryl methyl sites for hydroxylation is 1. The topological polar surface area (TPSA) is 191 Å². The lowest BCUT2D eigenvalue weighted by Gasteiger charge is -2.38. The van der Waals surface area contributed by atoms with E-state index in [0.717, 1.165) is 76.5 Å². The van der Waals surface area contributed by atoms with Gasteiger partial charge in [0.05, 0.1) is 164 Å². The van der Waals surface area contributed by atoms with Crippen LogP contribution in [0.5, 0.6) is 23.0 Å². The van der Waals surface area contributed by atoms with Gasteiger partial charge in [-0.05, 0) is 178 Å². The van der Waals surface area contributed by atoms with E-state index in [2.05, 4.69) is 336 Å². The van der Waals surface area contributed by atoms with Crippen molar-refractivity contribution in [3.63, 3.8) is 0 Å². The molecule has 0 spiro atoms. The maximum Gasteiger partial charge on any atom is 0.134 e. The quantitative estimate of drug-likeness (QED) is 0.0258. The summed E-state index contributed by atoms with van der Waals surface area (Å²) in [5.74, 6) is 3.90. The molecule has 0 aliphatic carbocycles. The molecule has 4 heterocycles. The summed E-state index contributed by atoms with van der Waals surface area (Å²) in [6.07, 6.45) is 6.85. The van der Waals surface area contributed by atoms with E-state index in [1.807, 2.05) is 53.5 Å². The molecule has 0 saturated heterocycles. The minimum absolute atomic E-state index is 0.0180. The van der Waals surface area contributed by atoms with E-state index in [0.29, 0.717) is 170 Å². The largest absolute Gasteiger partial charge is 0.491 e. The van der Waals surface area contributed by atoms with Gasteiger partial charge in [-0.25, -0.2) is 4.68 Å². The zero-order valence-electron chi connectivity index (χ0n) is 87.9. The molecule has 0 unspecified atom stereocenters. The molecule has 0 saturated carbocycles. The molecule has 2 aromatic heterocycles. The van der Waals surface area contributed by atoms with Gasteiger partial charge in [0.2, 0.25) is 0 Å². The molecular weight excluding hydrogens is 1890 g/mol. The van der Waals surface area contributed by atoms with Crippen molar-refractivity contribution >= 4 is 57.8 Å². The monoisotopic (exact) mass is 2040 g/mol. The normalized spacial score (nSPS) is 13.9. The molecule has 0 amide bonds. The minimum Gasteiger partial charge on any atom is -0.491 e. The van der Waals surface area contributed by atoms with Crippen LogP contribution < -0.4 is 18.9 Å². The molecule has 20 nitrogen and oxygen atoms in total. The summed E-state index contributed by atoms with van der Waals surface area (Å²) < 4.78 is 89.9. The van der Waals surface area contributed by atoms with E-state index in [9.17, 15) is 0 Å². The van der Waals surface area contributed by atoms with Gasteiger partial charge >= 0.3 is 0 Å². The smallest absolute Gasteiger partial charge is 0.134 e. The summed E-state index contributed by atoms with van der Waals surface area (Å²) in [7, 11) is 0. The van der Waals surface area contributed by atoms with Crippen molar-refractivity contribution in [3.05, 3.63) is 361 Å². The molecule has 10 aromatic carbocycles. The van der Waals surface area contributed by atoms with Crippen molar-refractivity contribution in [2.75, 3.05) is 145 Å². The molecule has 0 N–H and O–H groups in total. The van der Waals surface area contributed by atoms with Crippen molar-refractivity contribution < 1.29 is 66.3 Å². The van der Waals surface area contributed by atoms with Crippen LogP contribution in [0.4, 0.5) is 0 Å². The van der Waals surface area contributed by atoms with Crippen molar-refractivity contribution in [3.8, 4) is 23.0 Å². The third kappa shape index (κ3) is 31.6. The highest BCUT2D eigenvalue weighted by Gasteiger charge is 2.42. The summed E-state index contributed by atoms with van der Waals surface area (Å²) in [5.41, 5.74) is 17.8. The van der Waals surface area contributed by atoms with Crippen LogP contribution in [-0.4, -0.2) is 175 Å². The average molecular weight is 2040 g/mol. The van der Waals surface area contributed by atoms with Gasteiger partial charge in [0, 0.05) is 33.7 Å². The van der Waals surface area contributed by atoms with E-state index >= 15 is 0 Å². The Hall–Kier alpha value is -9.84. The summed E-state index contributed by atoms with van der Waals surface area (Å²) >= 11 is 7.06. The zero-order valence-corrected chi connectivity index (χ0v) is 91.2. The SMILES string of the molecule is CC(C)c1ccc(C(c2ccc(OCc3cn(CCCCCOCCOCCOCC4=CS/C(=C5\SC=C(COCCOCCOCCOCCOc6cccc7c(OCCOCCOCCOCCn8cc(COc9ccc(C(c%10ccc(C(C)C)cc%10)(c%10ccc(C(C)(C)C)cc%10)c%10ccc(C(C)(C)C)cc%10)cc9)nn8)cccc67)S5)S4)nn3)cc2)(c2ccc(C(C)(C)C)cc2)c2ccc(C(C)(C)C)cc2)cc1. The number of ether oxygens (including phenoxy) is 14. The van der Waals surface area contributed by atoms with E-state index in [1.54, 1.807) is 51.7 Å². The maximum atomic E-state index is 6.39. The number of aromatic nitrogens is 6. The third-order valence-electron chi connectivity index (χ3n) is 26.0. The summed E-state index contributed by atoms with van der Waals surface area (Å²) in [5, 5.41) is 23.9. The second-order valence-electron chi connectivity index (χ2n) is 41.5. The molecule has 14 rings (SSSR count). The van der Waals surface area contributed by atoms with Gasteiger partial charge < -0.3 is 66.3 Å². The maximum absolute atomic E-state index is 6.39. The Balaban J connectivity index is 0.387. The Morgan fingerprint density at radius 1 is 0.262 bits per heavy atom. The highest BCUT2D eigenvalue weighted by molar-refractivity contribution is 8.33. The highest BCUT2D eigenvalue weighted by atomic mass is 32.2. The van der Waals surface area contributed by atoms with Gasteiger partial charge in [0.1, 0.15) is 60.8 Å². The third-order valence-corrected chi connectivity index (χ3v) is 31.3. The first-order valence-corrected chi connectivity index (χ1v) is 54.7. The summed E-state index contributed by atoms with van der Waals surface area (Å²) in [4.78, 5) is 2.39. The fourth-order valence-corrected chi connectivity index (χ4v) is 22.5. The Bertz CT molecular complexity index is 5930. The predicted molar refractivity (Wildman–Crippen MR) is 592 cm³/mol. The lowest BCUT2D eigenvalue weighted by Crippen LogP contribution is -2.31. The lowest BCUT2D eigenvalue weighted by atomic mass is 9.64. The van der Waals surface area contributed by atoms with Gasteiger partial charge in [0.25, 0.3) is 0 Å². The minimum atomic E-state index is -0.607. The molecule has 0 atom stereocenters. The average Bonchev–Trinajstić information content (AvgIpc) is 1.56. The van der Waals surface area contributed by atoms with Crippen molar-refractivity contribution in [2.24, 2.45) is 0 Å². The van der Waals surface area contributed by atoms with Crippen LogP contribution in [0.2, 0.25) is 0 Å². The van der Waals surface area contributed by atoms with E-state index < -0.39 is 10.8 Å². The van der Waals surface area contributed by atoms with Crippen LogP contribution >= 0.6 is 47.0 Å². The number of hydrogen-bond donors (Lipinski definition) is 0. The molecule has 0 bridgehead atoms. The van der Waals surface area contributed by atoms with E-state index in [1.165, 1.54) is 90.6 Å². The molecule has 12 aromatic rings. The van der Waals surface area contributed by atoms with Gasteiger partial charge in [0.15, 0.2) is 0 Å². The second kappa shape index (κ2) is 54.4. The Morgan fingerprint density at radius 2 is 0.538 bits per heavy atom. The molecule has 2 aliphatic rings. The fourth-order valence-electron chi connectivity index (χ4n) is 17.7. The Kier molecular flexibility index (Phi) is 41.6. The van der Waals surface area contributed by atoms with Crippen LogP contribution in [-0.2, 0) is 106 Å². The predicted octanol–water partition coefficient (Wildman–Crippen LogP) is 26.6. The molecular formula is C121H150N6O14S4. The zero-order chi connectivity index (χ0) is 102. The van der Waals surface area contributed by atoms with Crippen molar-refractivity contribution in [1.29, 1.82) is 0 Å². The number of unbranched alkanes of at least 4 members (excludes halogenated alkanes) is 2. The van der Waals surface area contributed by atoms with Gasteiger partial charge in [-0.3, -0.25) is 4.68 Å². The van der Waals surface area contributed by atoms with Crippen LogP contribution in [0.1, 0.15) is 231 Å². The first kappa shape index (κ1) is 111. The standard InChI is InChI=1S/C121H150N6O14S4/c1-88(2)90-26-30-96(31-27-90)120(98-42-34-92(35-43-98)116(5,6)7,99-44-36-93(37-45-99)117(8,9)10)102-50-54-106(55-51-102)140-82-104-80-126(124-122-104)58-18-17-19-60-128-62-64-132-72-74-136-84-108-86-142-114(144-108)115-143-87-109(145-115)85-137-75-73-133-67-66-131-69-71-135-77-79-139-113-25-21-22-110-111(113)23-20-24-112(110)138-78-76-134-70-68-130-65-63-129-61-59-127-81-105(123-125-127)83-141-107-56-52-103(53-57-107)121(97-32-28-91(29-33-97)89(3)4,100-46-38-94(39-47-100)118(11,12)13)101-48-40-95(41-49-101)119(14,15)16/h20-57,80-81,86-89H,17-19,58-79,82-85H2,1-16H3/b115-114-.